The van der Waals surface area contributed by atoms with Gasteiger partial charge >= 0.3 is 0 Å². The first-order valence-corrected chi connectivity index (χ1v) is 7.59. The third-order valence-electron chi connectivity index (χ3n) is 3.44. The Hall–Kier alpha value is -2.10. The molecule has 4 heteroatoms. The molecule has 2 aromatic rings. The van der Waals surface area contributed by atoms with Crippen LogP contribution in [0.2, 0.25) is 0 Å². The van der Waals surface area contributed by atoms with E-state index >= 15 is 0 Å². The third-order valence-corrected chi connectivity index (χ3v) is 3.44. The minimum absolute atomic E-state index is 0.845. The molecule has 0 aliphatic carbocycles. The molecule has 0 radical (unpaired) electrons. The van der Waals surface area contributed by atoms with Crippen LogP contribution in [-0.2, 0) is 13.0 Å². The minimum atomic E-state index is 0.845. The van der Waals surface area contributed by atoms with Crippen molar-refractivity contribution in [2.45, 2.75) is 33.2 Å². The predicted octanol–water partition coefficient (Wildman–Crippen LogP) is 3.50. The van der Waals surface area contributed by atoms with Gasteiger partial charge in [-0.15, -0.1) is 0 Å². The molecule has 0 atom stereocenters. The lowest BCUT2D eigenvalue weighted by molar-refractivity contribution is 0.866. The van der Waals surface area contributed by atoms with E-state index in [9.17, 15) is 0 Å². The number of hydrogen-bond acceptors (Lipinski definition) is 4. The monoisotopic (exact) mass is 284 g/mol. The molecule has 2 rings (SSSR count). The maximum Gasteiger partial charge on any atom is 0.137 e. The van der Waals surface area contributed by atoms with E-state index < -0.39 is 0 Å². The molecule has 0 saturated heterocycles. The first kappa shape index (κ1) is 15.3. The van der Waals surface area contributed by atoms with Crippen molar-refractivity contribution in [1.29, 1.82) is 0 Å². The molecule has 1 aromatic heterocycles. The summed E-state index contributed by atoms with van der Waals surface area (Å²) in [5.41, 5.74) is 2.47. The van der Waals surface area contributed by atoms with Crippen molar-refractivity contribution in [3.8, 4) is 0 Å². The van der Waals surface area contributed by atoms with Crippen molar-refractivity contribution in [2.75, 3.05) is 23.8 Å². The number of nitrogens with one attached hydrogen (secondary N) is 1. The van der Waals surface area contributed by atoms with Crippen molar-refractivity contribution >= 4 is 11.6 Å². The van der Waals surface area contributed by atoms with E-state index in [0.29, 0.717) is 0 Å². The zero-order chi connectivity index (χ0) is 15.1. The summed E-state index contributed by atoms with van der Waals surface area (Å²) in [6.07, 6.45) is 3.65. The maximum absolute atomic E-state index is 4.49. The average Bonchev–Trinajstić information content (AvgIpc) is 2.53. The Morgan fingerprint density at radius 1 is 1.10 bits per heavy atom. The van der Waals surface area contributed by atoms with Crippen molar-refractivity contribution < 1.29 is 0 Å². The fourth-order valence-corrected chi connectivity index (χ4v) is 2.39. The highest BCUT2D eigenvalue weighted by Crippen LogP contribution is 2.24. The van der Waals surface area contributed by atoms with Crippen LogP contribution in [0.25, 0.3) is 0 Å². The number of nitrogens with zero attached hydrogens (tertiary/aromatic N) is 3. The van der Waals surface area contributed by atoms with Gasteiger partial charge in [-0.05, 0) is 18.4 Å². The minimum Gasteiger partial charge on any atom is -0.370 e. The fourth-order valence-electron chi connectivity index (χ4n) is 2.39. The van der Waals surface area contributed by atoms with Gasteiger partial charge in [0.25, 0.3) is 0 Å². The quantitative estimate of drug-likeness (QED) is 0.845. The predicted molar refractivity (Wildman–Crippen MR) is 88.7 cm³/mol. The standard InChI is InChI=1S/C17H24N4/c1-4-11-18-16-15(5-2)17(20-13-19-16)21(3)12-14-9-7-6-8-10-14/h6-10,13H,4-5,11-12H2,1-3H3,(H,18,19,20). The van der Waals surface area contributed by atoms with Crippen LogP contribution < -0.4 is 10.2 Å². The lowest BCUT2D eigenvalue weighted by atomic mass is 10.1. The lowest BCUT2D eigenvalue weighted by Gasteiger charge is -2.22. The second-order valence-corrected chi connectivity index (χ2v) is 5.15. The van der Waals surface area contributed by atoms with Gasteiger partial charge in [0.2, 0.25) is 0 Å². The van der Waals surface area contributed by atoms with E-state index in [1.54, 1.807) is 6.33 Å². The van der Waals surface area contributed by atoms with Crippen LogP contribution in [-0.4, -0.2) is 23.6 Å². The van der Waals surface area contributed by atoms with Crippen molar-refractivity contribution in [3.05, 3.63) is 47.8 Å². The van der Waals surface area contributed by atoms with Crippen LogP contribution in [0.4, 0.5) is 11.6 Å². The number of benzene rings is 1. The van der Waals surface area contributed by atoms with Gasteiger partial charge in [0.1, 0.15) is 18.0 Å². The first-order valence-electron chi connectivity index (χ1n) is 7.59. The highest BCUT2D eigenvalue weighted by molar-refractivity contribution is 5.58. The van der Waals surface area contributed by atoms with Crippen LogP contribution in [0.3, 0.4) is 0 Å². The SMILES string of the molecule is CCCNc1ncnc(N(C)Cc2ccccc2)c1CC. The molecule has 1 heterocycles. The van der Waals surface area contributed by atoms with Gasteiger partial charge in [-0.1, -0.05) is 44.2 Å². The number of anilines is 2. The highest BCUT2D eigenvalue weighted by atomic mass is 15.2. The Balaban J connectivity index is 2.21. The van der Waals surface area contributed by atoms with Crippen LogP contribution in [0, 0.1) is 0 Å². The number of aromatic nitrogens is 2. The molecular weight excluding hydrogens is 260 g/mol. The van der Waals surface area contributed by atoms with E-state index in [-0.39, 0.29) is 0 Å². The van der Waals surface area contributed by atoms with Gasteiger partial charge in [-0.2, -0.15) is 0 Å². The van der Waals surface area contributed by atoms with Crippen molar-refractivity contribution in [3.63, 3.8) is 0 Å². The summed E-state index contributed by atoms with van der Waals surface area (Å²) in [4.78, 5) is 11.1. The fraction of sp³-hybridized carbons (Fsp3) is 0.412. The van der Waals surface area contributed by atoms with E-state index in [1.165, 1.54) is 11.1 Å². The lowest BCUT2D eigenvalue weighted by Crippen LogP contribution is -2.20. The van der Waals surface area contributed by atoms with E-state index in [4.69, 9.17) is 0 Å². The Morgan fingerprint density at radius 2 is 1.86 bits per heavy atom. The molecule has 21 heavy (non-hydrogen) atoms. The highest BCUT2D eigenvalue weighted by Gasteiger charge is 2.13. The molecule has 0 unspecified atom stereocenters. The zero-order valence-electron chi connectivity index (χ0n) is 13.1. The summed E-state index contributed by atoms with van der Waals surface area (Å²) in [5, 5.41) is 3.40. The van der Waals surface area contributed by atoms with Gasteiger partial charge in [0.05, 0.1) is 0 Å². The summed E-state index contributed by atoms with van der Waals surface area (Å²) in [6, 6.07) is 10.5. The Morgan fingerprint density at radius 3 is 2.52 bits per heavy atom. The molecule has 0 saturated carbocycles. The molecule has 0 spiro atoms. The van der Waals surface area contributed by atoms with Gasteiger partial charge in [0.15, 0.2) is 0 Å². The molecule has 0 aliphatic heterocycles. The molecule has 0 fully saturated rings. The van der Waals surface area contributed by atoms with Gasteiger partial charge in [0, 0.05) is 25.7 Å². The topological polar surface area (TPSA) is 41.1 Å². The van der Waals surface area contributed by atoms with Gasteiger partial charge in [-0.25, -0.2) is 9.97 Å². The molecule has 1 aromatic carbocycles. The normalized spacial score (nSPS) is 10.4. The second-order valence-electron chi connectivity index (χ2n) is 5.15. The molecule has 0 amide bonds. The van der Waals surface area contributed by atoms with Crippen molar-refractivity contribution in [1.82, 2.24) is 9.97 Å². The van der Waals surface area contributed by atoms with Crippen LogP contribution in [0.5, 0.6) is 0 Å². The van der Waals surface area contributed by atoms with E-state index in [0.717, 1.165) is 37.6 Å². The smallest absolute Gasteiger partial charge is 0.137 e. The largest absolute Gasteiger partial charge is 0.370 e. The second kappa shape index (κ2) is 7.62. The Kier molecular flexibility index (Phi) is 5.55. The summed E-state index contributed by atoms with van der Waals surface area (Å²) in [6.45, 7) is 6.09. The van der Waals surface area contributed by atoms with E-state index in [1.807, 2.05) is 6.07 Å². The number of hydrogen-bond donors (Lipinski definition) is 1. The maximum atomic E-state index is 4.49. The molecule has 0 aliphatic rings. The first-order chi connectivity index (χ1) is 10.3. The molecular formula is C17H24N4. The summed E-state index contributed by atoms with van der Waals surface area (Å²) in [5.74, 6) is 1.97. The summed E-state index contributed by atoms with van der Waals surface area (Å²) in [7, 11) is 2.08. The molecule has 112 valence electrons. The number of rotatable bonds is 7. The van der Waals surface area contributed by atoms with Crippen LogP contribution >= 0.6 is 0 Å². The summed E-state index contributed by atoms with van der Waals surface area (Å²) >= 11 is 0. The average molecular weight is 284 g/mol. The van der Waals surface area contributed by atoms with Gasteiger partial charge < -0.3 is 10.2 Å². The Bertz CT molecular complexity index is 554. The van der Waals surface area contributed by atoms with E-state index in [2.05, 4.69) is 65.3 Å². The van der Waals surface area contributed by atoms with Crippen LogP contribution in [0.1, 0.15) is 31.4 Å². The molecule has 0 bridgehead atoms. The molecule has 1 N–H and O–H groups in total. The third kappa shape index (κ3) is 3.94. The summed E-state index contributed by atoms with van der Waals surface area (Å²) < 4.78 is 0. The Labute approximate surface area is 127 Å². The van der Waals surface area contributed by atoms with Gasteiger partial charge in [-0.3, -0.25) is 0 Å². The molecule has 4 nitrogen and oxygen atoms in total. The van der Waals surface area contributed by atoms with Crippen molar-refractivity contribution in [2.24, 2.45) is 0 Å². The zero-order valence-corrected chi connectivity index (χ0v) is 13.1. The van der Waals surface area contributed by atoms with Crippen LogP contribution in [0.15, 0.2) is 36.7 Å².